The lowest BCUT2D eigenvalue weighted by molar-refractivity contribution is -0.126. The van der Waals surface area contributed by atoms with Crippen LogP contribution in [0.25, 0.3) is 6.08 Å². The zero-order valence-electron chi connectivity index (χ0n) is 15.6. The highest BCUT2D eigenvalue weighted by Crippen LogP contribution is 2.16. The molecule has 2 aromatic carbocycles. The number of nitrogens with zero attached hydrogens (tertiary/aromatic N) is 2. The number of carbonyl (C=O) groups is 1. The number of sulfonamides is 1. The number of carbonyl (C=O) groups excluding carboxylic acids is 1. The summed E-state index contributed by atoms with van der Waals surface area (Å²) >= 11 is 0. The first kappa shape index (κ1) is 20.7. The van der Waals surface area contributed by atoms with Gasteiger partial charge in [0, 0.05) is 25.2 Å². The first-order chi connectivity index (χ1) is 13.9. The third-order valence-electron chi connectivity index (χ3n) is 4.74. The summed E-state index contributed by atoms with van der Waals surface area (Å²) in [4.78, 5) is 14.1. The number of hydrogen-bond acceptors (Lipinski definition) is 4. The van der Waals surface area contributed by atoms with Gasteiger partial charge in [0.15, 0.2) is 0 Å². The molecule has 1 fully saturated rings. The molecule has 0 aliphatic carbocycles. The van der Waals surface area contributed by atoms with Crippen LogP contribution in [0, 0.1) is 17.1 Å². The normalized spacial score (nSPS) is 15.4. The van der Waals surface area contributed by atoms with Gasteiger partial charge in [-0.05, 0) is 54.8 Å². The van der Waals surface area contributed by atoms with E-state index in [0.29, 0.717) is 37.1 Å². The average Bonchev–Trinajstić information content (AvgIpc) is 2.72. The van der Waals surface area contributed by atoms with Crippen molar-refractivity contribution < 1.29 is 17.6 Å². The van der Waals surface area contributed by atoms with Crippen LogP contribution in [-0.2, 0) is 14.8 Å². The smallest absolute Gasteiger partial charge is 0.246 e. The van der Waals surface area contributed by atoms with Gasteiger partial charge in [-0.25, -0.2) is 17.5 Å². The van der Waals surface area contributed by atoms with Crippen LogP contribution in [0.15, 0.2) is 59.5 Å². The van der Waals surface area contributed by atoms with E-state index in [9.17, 15) is 17.6 Å². The van der Waals surface area contributed by atoms with Crippen LogP contribution in [0.3, 0.4) is 0 Å². The predicted molar refractivity (Wildman–Crippen MR) is 107 cm³/mol. The summed E-state index contributed by atoms with van der Waals surface area (Å²) in [7, 11) is -3.73. The molecule has 3 rings (SSSR count). The highest BCUT2D eigenvalue weighted by Gasteiger charge is 2.26. The summed E-state index contributed by atoms with van der Waals surface area (Å²) in [5, 5.41) is 9.10. The van der Waals surface area contributed by atoms with Gasteiger partial charge in [-0.15, -0.1) is 0 Å². The first-order valence-electron chi connectivity index (χ1n) is 9.13. The van der Waals surface area contributed by atoms with Crippen LogP contribution in [0.1, 0.15) is 24.0 Å². The number of piperidine rings is 1. The van der Waals surface area contributed by atoms with Crippen LogP contribution in [0.2, 0.25) is 0 Å². The average molecular weight is 413 g/mol. The van der Waals surface area contributed by atoms with Gasteiger partial charge in [0.1, 0.15) is 5.82 Å². The molecule has 0 atom stereocenters. The number of likely N-dealkylation sites (tertiary alicyclic amines) is 1. The summed E-state index contributed by atoms with van der Waals surface area (Å²) in [5.74, 6) is -0.682. The summed E-state index contributed by atoms with van der Waals surface area (Å²) in [6, 6.07) is 13.4. The van der Waals surface area contributed by atoms with Crippen LogP contribution in [-0.4, -0.2) is 38.4 Å². The maximum absolute atomic E-state index is 13.0. The molecule has 1 saturated heterocycles. The Morgan fingerprint density at radius 1 is 1.14 bits per heavy atom. The second-order valence-corrected chi connectivity index (χ2v) is 8.42. The Bertz CT molecular complexity index is 1050. The Balaban J connectivity index is 1.56. The molecule has 1 aliphatic heterocycles. The van der Waals surface area contributed by atoms with Crippen molar-refractivity contribution in [2.45, 2.75) is 23.8 Å². The van der Waals surface area contributed by atoms with Crippen molar-refractivity contribution in [2.75, 3.05) is 13.1 Å². The number of nitriles is 1. The van der Waals surface area contributed by atoms with Gasteiger partial charge in [0.05, 0.1) is 16.5 Å². The maximum atomic E-state index is 13.0. The van der Waals surface area contributed by atoms with Crippen molar-refractivity contribution in [3.63, 3.8) is 0 Å². The van der Waals surface area contributed by atoms with Crippen molar-refractivity contribution in [1.82, 2.24) is 9.62 Å². The van der Waals surface area contributed by atoms with Crippen LogP contribution in [0.5, 0.6) is 0 Å². The minimum Gasteiger partial charge on any atom is -0.339 e. The summed E-state index contributed by atoms with van der Waals surface area (Å²) < 4.78 is 40.4. The number of benzene rings is 2. The molecule has 2 aromatic rings. The fourth-order valence-electron chi connectivity index (χ4n) is 3.13. The lowest BCUT2D eigenvalue weighted by atomic mass is 10.1. The minimum atomic E-state index is -3.73. The Morgan fingerprint density at radius 3 is 2.45 bits per heavy atom. The Kier molecular flexibility index (Phi) is 6.42. The van der Waals surface area contributed by atoms with E-state index in [1.807, 2.05) is 0 Å². The van der Waals surface area contributed by atoms with Crippen molar-refractivity contribution in [1.29, 1.82) is 5.26 Å². The highest BCUT2D eigenvalue weighted by molar-refractivity contribution is 7.89. The van der Waals surface area contributed by atoms with Crippen LogP contribution < -0.4 is 4.72 Å². The first-order valence-corrected chi connectivity index (χ1v) is 10.6. The Morgan fingerprint density at radius 2 is 1.79 bits per heavy atom. The van der Waals surface area contributed by atoms with E-state index in [1.165, 1.54) is 18.2 Å². The monoisotopic (exact) mass is 413 g/mol. The van der Waals surface area contributed by atoms with Crippen molar-refractivity contribution in [3.8, 4) is 6.07 Å². The summed E-state index contributed by atoms with van der Waals surface area (Å²) in [6.07, 6.45) is 4.01. The van der Waals surface area contributed by atoms with E-state index in [0.717, 1.165) is 12.1 Å². The van der Waals surface area contributed by atoms with Crippen LogP contribution in [0.4, 0.5) is 4.39 Å². The van der Waals surface area contributed by atoms with E-state index < -0.39 is 15.8 Å². The van der Waals surface area contributed by atoms with Gasteiger partial charge in [-0.3, -0.25) is 4.79 Å². The topological polar surface area (TPSA) is 90.3 Å². The molecule has 0 radical (unpaired) electrons. The Labute approximate surface area is 169 Å². The molecular weight excluding hydrogens is 393 g/mol. The third kappa shape index (κ3) is 5.28. The lowest BCUT2D eigenvalue weighted by Gasteiger charge is -2.31. The predicted octanol–water partition coefficient (Wildman–Crippen LogP) is 2.68. The zero-order valence-corrected chi connectivity index (χ0v) is 16.4. The largest absolute Gasteiger partial charge is 0.339 e. The molecule has 8 heteroatoms. The number of rotatable bonds is 5. The van der Waals surface area contributed by atoms with Gasteiger partial charge >= 0.3 is 0 Å². The van der Waals surface area contributed by atoms with Gasteiger partial charge in [-0.1, -0.05) is 18.2 Å². The maximum Gasteiger partial charge on any atom is 0.246 e. The SMILES string of the molecule is N#Cc1ccccc1/C=C/C(=O)N1CCC(NS(=O)(=O)c2ccc(F)cc2)CC1. The fourth-order valence-corrected chi connectivity index (χ4v) is 4.43. The molecule has 0 aromatic heterocycles. The lowest BCUT2D eigenvalue weighted by Crippen LogP contribution is -2.46. The molecule has 150 valence electrons. The third-order valence-corrected chi connectivity index (χ3v) is 6.28. The summed E-state index contributed by atoms with van der Waals surface area (Å²) in [5.41, 5.74) is 1.16. The molecule has 1 heterocycles. The van der Waals surface area contributed by atoms with E-state index in [4.69, 9.17) is 5.26 Å². The highest BCUT2D eigenvalue weighted by atomic mass is 32.2. The second-order valence-electron chi connectivity index (χ2n) is 6.71. The molecule has 0 spiro atoms. The fraction of sp³-hybridized carbons (Fsp3) is 0.238. The molecule has 1 aliphatic rings. The zero-order chi connectivity index (χ0) is 20.9. The summed E-state index contributed by atoms with van der Waals surface area (Å²) in [6.45, 7) is 0.833. The van der Waals surface area contributed by atoms with E-state index in [-0.39, 0.29) is 16.8 Å². The van der Waals surface area contributed by atoms with E-state index in [1.54, 1.807) is 35.2 Å². The van der Waals surface area contributed by atoms with Gasteiger partial charge in [0.25, 0.3) is 0 Å². The number of nitrogens with one attached hydrogen (secondary N) is 1. The molecular formula is C21H20FN3O3S. The quantitative estimate of drug-likeness (QED) is 0.763. The molecule has 0 saturated carbocycles. The number of halogens is 1. The van der Waals surface area contributed by atoms with Crippen molar-refractivity contribution in [3.05, 3.63) is 71.6 Å². The van der Waals surface area contributed by atoms with Crippen molar-refractivity contribution in [2.24, 2.45) is 0 Å². The number of hydrogen-bond donors (Lipinski definition) is 1. The van der Waals surface area contributed by atoms with Crippen LogP contribution >= 0.6 is 0 Å². The van der Waals surface area contributed by atoms with E-state index >= 15 is 0 Å². The van der Waals surface area contributed by atoms with Gasteiger partial charge < -0.3 is 4.90 Å². The second kappa shape index (κ2) is 8.99. The Hall–Kier alpha value is -3.02. The molecule has 29 heavy (non-hydrogen) atoms. The molecule has 6 nitrogen and oxygen atoms in total. The molecule has 1 N–H and O–H groups in total. The molecule has 0 bridgehead atoms. The molecule has 1 amide bonds. The minimum absolute atomic E-state index is 0.0106. The van der Waals surface area contributed by atoms with Gasteiger partial charge in [0.2, 0.25) is 15.9 Å². The van der Waals surface area contributed by atoms with Gasteiger partial charge in [-0.2, -0.15) is 5.26 Å². The van der Waals surface area contributed by atoms with E-state index in [2.05, 4.69) is 10.8 Å². The number of amides is 1. The standard InChI is InChI=1S/C21H20FN3O3S/c22-18-6-8-20(9-7-18)29(27,28)24-19-11-13-25(14-12-19)21(26)10-5-16-3-1-2-4-17(16)15-23/h1-10,19,24H,11-14H2/b10-5+. The molecule has 0 unspecified atom stereocenters. The van der Waals surface area contributed by atoms with Crippen molar-refractivity contribution >= 4 is 22.0 Å².